The molecule has 14 heteroatoms. The lowest BCUT2D eigenvalue weighted by Crippen LogP contribution is -2.26. The van der Waals surface area contributed by atoms with Gasteiger partial charge < -0.3 is 14.2 Å². The fourth-order valence-corrected chi connectivity index (χ4v) is 6.83. The van der Waals surface area contributed by atoms with Crippen molar-refractivity contribution >= 4 is 94.7 Å². The largest absolute Gasteiger partial charge is 0.496 e. The first kappa shape index (κ1) is 43.3. The van der Waals surface area contributed by atoms with Gasteiger partial charge in [-0.15, -0.1) is 0 Å². The molecule has 0 radical (unpaired) electrons. The normalized spacial score (nSPS) is 11.5. The number of hydrogen-bond acceptors (Lipinski definition) is 10. The molecule has 59 heavy (non-hydrogen) atoms. The first-order valence-electron chi connectivity index (χ1n) is 17.7. The zero-order valence-corrected chi connectivity index (χ0v) is 36.0. The number of carbonyl (C=O) groups excluding carboxylic acids is 3. The number of fused-ring (bicyclic) bond motifs is 2. The number of aromatic nitrogens is 3. The first-order valence-corrected chi connectivity index (χ1v) is 19.3. The maximum absolute atomic E-state index is 13.0. The zero-order valence-electron chi connectivity index (χ0n) is 32.8. The third kappa shape index (κ3) is 9.68. The summed E-state index contributed by atoms with van der Waals surface area (Å²) < 4.78 is 19.9. The van der Waals surface area contributed by atoms with Gasteiger partial charge in [0.15, 0.2) is 0 Å². The van der Waals surface area contributed by atoms with Crippen molar-refractivity contribution < 1.29 is 28.6 Å². The summed E-state index contributed by atoms with van der Waals surface area (Å²) in [5.41, 5.74) is 4.31. The number of rotatable bonds is 8. The Kier molecular flexibility index (Phi) is 13.7. The van der Waals surface area contributed by atoms with E-state index in [9.17, 15) is 30.2 Å². The molecule has 0 unspecified atom stereocenters. The molecule has 3 heterocycles. The van der Waals surface area contributed by atoms with Crippen molar-refractivity contribution in [2.45, 2.75) is 27.2 Å². The molecule has 0 saturated carbocycles. The van der Waals surface area contributed by atoms with Crippen LogP contribution in [0.5, 0.6) is 11.5 Å². The molecule has 0 amide bonds. The monoisotopic (exact) mass is 914 g/mol. The van der Waals surface area contributed by atoms with Gasteiger partial charge in [0.05, 0.1) is 67.3 Å². The second-order valence-electron chi connectivity index (χ2n) is 13.9. The second kappa shape index (κ2) is 18.6. The minimum absolute atomic E-state index is 0.0672. The van der Waals surface area contributed by atoms with E-state index in [2.05, 4.69) is 59.8 Å². The van der Waals surface area contributed by atoms with E-state index >= 15 is 0 Å². The van der Waals surface area contributed by atoms with Crippen LogP contribution >= 0.6 is 31.9 Å². The lowest BCUT2D eigenvalue weighted by molar-refractivity contribution is -0.139. The lowest BCUT2D eigenvalue weighted by Gasteiger charge is -2.17. The van der Waals surface area contributed by atoms with Crippen LogP contribution in [0.1, 0.15) is 64.6 Å². The number of nitrogens with zero attached hydrogens (tertiary/aromatic N) is 6. The van der Waals surface area contributed by atoms with Crippen molar-refractivity contribution in [3.05, 3.63) is 122 Å². The van der Waals surface area contributed by atoms with E-state index in [1.165, 1.54) is 25.9 Å². The molecule has 3 aromatic heterocycles. The van der Waals surface area contributed by atoms with Crippen molar-refractivity contribution in [3.8, 4) is 29.7 Å². The molecule has 6 rings (SSSR count). The molecule has 0 fully saturated rings. The molecule has 0 bridgehead atoms. The van der Waals surface area contributed by atoms with Gasteiger partial charge in [0.25, 0.3) is 0 Å². The third-order valence-corrected chi connectivity index (χ3v) is 9.98. The van der Waals surface area contributed by atoms with Crippen molar-refractivity contribution in [1.29, 1.82) is 15.8 Å². The number of ether oxygens (including phenoxy) is 3. The number of hydrogen-bond donors (Lipinski definition) is 0. The van der Waals surface area contributed by atoms with Gasteiger partial charge in [-0.2, -0.15) is 15.8 Å². The number of carbonyl (C=O) groups is 3. The maximum atomic E-state index is 13.0. The number of methoxy groups -OCH3 is 3. The topological polar surface area (TPSA) is 173 Å². The van der Waals surface area contributed by atoms with Crippen molar-refractivity contribution in [3.63, 3.8) is 0 Å². The summed E-state index contributed by atoms with van der Waals surface area (Å²) in [6, 6.07) is 24.2. The highest BCUT2D eigenvalue weighted by Crippen LogP contribution is 2.35. The third-order valence-electron chi connectivity index (χ3n) is 9.00. The summed E-state index contributed by atoms with van der Waals surface area (Å²) >= 11 is 6.90. The summed E-state index contributed by atoms with van der Waals surface area (Å²) in [5, 5.41) is 30.4. The Bertz CT molecular complexity index is 2820. The number of benzene rings is 3. The molecule has 0 aliphatic heterocycles. The molecule has 0 aliphatic rings. The van der Waals surface area contributed by atoms with Crippen LogP contribution in [0.4, 0.5) is 0 Å². The molecule has 0 N–H and O–H groups in total. The van der Waals surface area contributed by atoms with Gasteiger partial charge in [-0.05, 0) is 72.8 Å². The van der Waals surface area contributed by atoms with Crippen molar-refractivity contribution in [1.82, 2.24) is 14.1 Å². The molecular weight excluding hydrogens is 880 g/mol. The van der Waals surface area contributed by atoms with Gasteiger partial charge in [0.1, 0.15) is 17.9 Å². The predicted octanol–water partition coefficient (Wildman–Crippen LogP) is 10.1. The average molecular weight is 917 g/mol. The molecular formula is C45H36Br2N6O6. The Morgan fingerprint density at radius 1 is 0.746 bits per heavy atom. The fourth-order valence-electron chi connectivity index (χ4n) is 6.11. The standard InChI is InChI=1S/C24H20BrN3O2.C21H16BrN3O4/c1-24(2,3)23(29)28-14-20(19-11-18(25)6-7-21(19)28)17(13-27)10-16-9-15(12-26)5-8-22(16)30-4;1-28-19-5-6-24-11-14(19)7-13(10-23)17-12-25(20(26)9-21(27)29-2)18-4-3-15(22)8-16(17)18/h5-11,14H,1-4H3;3-8,11-12H,9H2,1-2H3/b17-10+;13-7+. The number of halogens is 2. The summed E-state index contributed by atoms with van der Waals surface area (Å²) in [6.07, 6.45) is 9.38. The van der Waals surface area contributed by atoms with Crippen LogP contribution < -0.4 is 9.47 Å². The number of nitriles is 3. The Hall–Kier alpha value is -6.79. The Balaban J connectivity index is 0.000000224. The molecule has 6 aromatic rings. The summed E-state index contributed by atoms with van der Waals surface area (Å²) in [5.74, 6) is -0.0300. The summed E-state index contributed by atoms with van der Waals surface area (Å²) in [6.45, 7) is 5.58. The first-order chi connectivity index (χ1) is 28.2. The van der Waals surface area contributed by atoms with Crippen LogP contribution in [-0.4, -0.2) is 53.2 Å². The summed E-state index contributed by atoms with van der Waals surface area (Å²) in [7, 11) is 4.30. The summed E-state index contributed by atoms with van der Waals surface area (Å²) in [4.78, 5) is 41.3. The molecule has 296 valence electrons. The Morgan fingerprint density at radius 2 is 1.29 bits per heavy atom. The number of esters is 1. The smallest absolute Gasteiger partial charge is 0.315 e. The second-order valence-corrected chi connectivity index (χ2v) is 15.7. The van der Waals surface area contributed by atoms with Crippen LogP contribution in [0.3, 0.4) is 0 Å². The minimum Gasteiger partial charge on any atom is -0.496 e. The average Bonchev–Trinajstić information content (AvgIpc) is 3.79. The highest BCUT2D eigenvalue weighted by Gasteiger charge is 2.26. The van der Waals surface area contributed by atoms with E-state index in [0.29, 0.717) is 61.4 Å². The fraction of sp³-hybridized carbons (Fsp3) is 0.178. The van der Waals surface area contributed by atoms with Gasteiger partial charge in [-0.1, -0.05) is 52.6 Å². The number of pyridine rings is 1. The van der Waals surface area contributed by atoms with E-state index in [1.807, 2.05) is 45.0 Å². The predicted molar refractivity (Wildman–Crippen MR) is 232 cm³/mol. The van der Waals surface area contributed by atoms with E-state index in [0.717, 1.165) is 19.8 Å². The van der Waals surface area contributed by atoms with Gasteiger partial charge >= 0.3 is 5.97 Å². The zero-order chi connectivity index (χ0) is 43.0. The van der Waals surface area contributed by atoms with Gasteiger partial charge in [0, 0.05) is 72.2 Å². The molecule has 3 aromatic carbocycles. The van der Waals surface area contributed by atoms with Gasteiger partial charge in [0.2, 0.25) is 11.8 Å². The maximum Gasteiger partial charge on any atom is 0.315 e. The SMILES string of the molecule is COC(=O)CC(=O)n1cc(/C(C#N)=C/c2cnccc2OC)c2cc(Br)ccc21.COc1ccc(C#N)cc1/C=C(\C#N)c1cn(C(=O)C(C)(C)C)c2ccc(Br)cc12. The van der Waals surface area contributed by atoms with Crippen molar-refractivity contribution in [2.24, 2.45) is 5.41 Å². The highest BCUT2D eigenvalue weighted by atomic mass is 79.9. The van der Waals surface area contributed by atoms with E-state index in [4.69, 9.17) is 9.47 Å². The quantitative estimate of drug-likeness (QED) is 0.0812. The molecule has 0 saturated heterocycles. The Labute approximate surface area is 357 Å². The lowest BCUT2D eigenvalue weighted by atomic mass is 9.95. The van der Waals surface area contributed by atoms with Crippen molar-refractivity contribution in [2.75, 3.05) is 21.3 Å². The van der Waals surface area contributed by atoms with Crippen LogP contribution in [-0.2, 0) is 9.53 Å². The van der Waals surface area contributed by atoms with Crippen LogP contribution in [0.15, 0.2) is 94.4 Å². The molecule has 0 aliphatic carbocycles. The number of allylic oxidation sites excluding steroid dienone is 2. The van der Waals surface area contributed by atoms with E-state index in [1.54, 1.807) is 77.9 Å². The van der Waals surface area contributed by atoms with Crippen LogP contribution in [0.25, 0.3) is 45.1 Å². The van der Waals surface area contributed by atoms with E-state index in [-0.39, 0.29) is 5.91 Å². The molecule has 0 spiro atoms. The van der Waals surface area contributed by atoms with Crippen LogP contribution in [0, 0.1) is 39.4 Å². The van der Waals surface area contributed by atoms with Gasteiger partial charge in [-0.3, -0.25) is 28.5 Å². The highest BCUT2D eigenvalue weighted by molar-refractivity contribution is 9.10. The van der Waals surface area contributed by atoms with E-state index < -0.39 is 23.7 Å². The molecule has 0 atom stereocenters. The van der Waals surface area contributed by atoms with Gasteiger partial charge in [-0.25, -0.2) is 0 Å². The molecule has 12 nitrogen and oxygen atoms in total. The minimum atomic E-state index is -0.633. The van der Waals surface area contributed by atoms with Crippen LogP contribution in [0.2, 0.25) is 0 Å². The Morgan fingerprint density at radius 3 is 1.81 bits per heavy atom.